The van der Waals surface area contributed by atoms with Gasteiger partial charge < -0.3 is 19.3 Å². The molecule has 2 amide bonds. The number of ether oxygens (including phenoxy) is 2. The highest BCUT2D eigenvalue weighted by Crippen LogP contribution is 2.17. The SMILES string of the molecule is CN(CCCCN(C)C(=O)C[C@H]1CCCO1)C(=O)C[C@H]1CCCO1. The number of nitrogens with zero attached hydrogens (tertiary/aromatic N) is 2. The second kappa shape index (κ2) is 9.99. The Morgan fingerprint density at radius 3 is 1.58 bits per heavy atom. The van der Waals surface area contributed by atoms with Crippen molar-refractivity contribution in [1.29, 1.82) is 0 Å². The van der Waals surface area contributed by atoms with Crippen molar-refractivity contribution >= 4 is 11.8 Å². The van der Waals surface area contributed by atoms with Crippen LogP contribution in [-0.2, 0) is 19.1 Å². The Bertz CT molecular complexity index is 366. The van der Waals surface area contributed by atoms with Gasteiger partial charge in [-0.2, -0.15) is 0 Å². The molecule has 0 unspecified atom stereocenters. The number of unbranched alkanes of at least 4 members (excludes halogenated alkanes) is 1. The summed E-state index contributed by atoms with van der Waals surface area (Å²) in [7, 11) is 3.70. The molecule has 6 nitrogen and oxygen atoms in total. The average Bonchev–Trinajstić information content (AvgIpc) is 3.24. The van der Waals surface area contributed by atoms with Crippen LogP contribution in [0.3, 0.4) is 0 Å². The lowest BCUT2D eigenvalue weighted by Crippen LogP contribution is -2.32. The first-order valence-corrected chi connectivity index (χ1v) is 9.27. The Labute approximate surface area is 145 Å². The molecule has 0 spiro atoms. The van der Waals surface area contributed by atoms with E-state index >= 15 is 0 Å². The van der Waals surface area contributed by atoms with Crippen molar-refractivity contribution < 1.29 is 19.1 Å². The van der Waals surface area contributed by atoms with Crippen molar-refractivity contribution in [3.8, 4) is 0 Å². The van der Waals surface area contributed by atoms with E-state index in [-0.39, 0.29) is 24.0 Å². The molecular formula is C18H32N2O4. The Balaban J connectivity index is 1.54. The number of carbonyl (C=O) groups is 2. The minimum atomic E-state index is 0.113. The summed E-state index contributed by atoms with van der Waals surface area (Å²) < 4.78 is 11.0. The normalized spacial score (nSPS) is 23.4. The van der Waals surface area contributed by atoms with E-state index in [0.717, 1.165) is 64.8 Å². The smallest absolute Gasteiger partial charge is 0.224 e. The molecule has 2 fully saturated rings. The monoisotopic (exact) mass is 340 g/mol. The van der Waals surface area contributed by atoms with Crippen molar-refractivity contribution in [2.24, 2.45) is 0 Å². The second-order valence-electron chi connectivity index (χ2n) is 7.02. The van der Waals surface area contributed by atoms with Crippen molar-refractivity contribution in [3.05, 3.63) is 0 Å². The average molecular weight is 340 g/mol. The lowest BCUT2D eigenvalue weighted by Gasteiger charge is -2.21. The van der Waals surface area contributed by atoms with E-state index < -0.39 is 0 Å². The maximum atomic E-state index is 12.1. The van der Waals surface area contributed by atoms with Crippen molar-refractivity contribution in [3.63, 3.8) is 0 Å². The molecule has 0 aromatic rings. The number of rotatable bonds is 9. The van der Waals surface area contributed by atoms with Crippen LogP contribution < -0.4 is 0 Å². The van der Waals surface area contributed by atoms with Crippen molar-refractivity contribution in [2.45, 2.75) is 63.6 Å². The third-order valence-corrected chi connectivity index (χ3v) is 4.94. The molecule has 0 bridgehead atoms. The lowest BCUT2D eigenvalue weighted by atomic mass is 10.1. The summed E-state index contributed by atoms with van der Waals surface area (Å²) in [6, 6.07) is 0. The summed E-state index contributed by atoms with van der Waals surface area (Å²) in [4.78, 5) is 27.8. The maximum Gasteiger partial charge on any atom is 0.224 e. The molecule has 2 rings (SSSR count). The van der Waals surface area contributed by atoms with E-state index in [4.69, 9.17) is 9.47 Å². The molecule has 0 aromatic carbocycles. The molecular weight excluding hydrogens is 308 g/mol. The van der Waals surface area contributed by atoms with Crippen LogP contribution in [0.5, 0.6) is 0 Å². The van der Waals surface area contributed by atoms with Crippen LogP contribution in [0, 0.1) is 0 Å². The molecule has 0 N–H and O–H groups in total. The molecule has 0 radical (unpaired) electrons. The summed E-state index contributed by atoms with van der Waals surface area (Å²) in [6.07, 6.45) is 7.15. The van der Waals surface area contributed by atoms with Crippen molar-refractivity contribution in [2.75, 3.05) is 40.4 Å². The summed E-state index contributed by atoms with van der Waals surface area (Å²) in [5, 5.41) is 0. The highest BCUT2D eigenvalue weighted by Gasteiger charge is 2.22. The third-order valence-electron chi connectivity index (χ3n) is 4.94. The molecule has 0 aromatic heterocycles. The van der Waals surface area contributed by atoms with Gasteiger partial charge in [-0.25, -0.2) is 0 Å². The summed E-state index contributed by atoms with van der Waals surface area (Å²) in [6.45, 7) is 3.04. The quantitative estimate of drug-likeness (QED) is 0.601. The van der Waals surface area contributed by atoms with E-state index in [1.54, 1.807) is 9.80 Å². The molecule has 2 saturated heterocycles. The Kier molecular flexibility index (Phi) is 7.99. The molecule has 138 valence electrons. The van der Waals surface area contributed by atoms with Gasteiger partial charge in [0.05, 0.1) is 25.0 Å². The van der Waals surface area contributed by atoms with Gasteiger partial charge in [0.25, 0.3) is 0 Å². The van der Waals surface area contributed by atoms with Gasteiger partial charge in [0, 0.05) is 40.4 Å². The van der Waals surface area contributed by atoms with Crippen LogP contribution in [0.2, 0.25) is 0 Å². The number of amides is 2. The maximum absolute atomic E-state index is 12.1. The second-order valence-corrected chi connectivity index (χ2v) is 7.02. The third kappa shape index (κ3) is 6.40. The van der Waals surface area contributed by atoms with Gasteiger partial charge in [0.15, 0.2) is 0 Å². The van der Waals surface area contributed by atoms with Gasteiger partial charge in [-0.1, -0.05) is 0 Å². The highest BCUT2D eigenvalue weighted by atomic mass is 16.5. The fraction of sp³-hybridized carbons (Fsp3) is 0.889. The van der Waals surface area contributed by atoms with Gasteiger partial charge in [-0.05, 0) is 38.5 Å². The Morgan fingerprint density at radius 1 is 0.833 bits per heavy atom. The molecule has 0 aliphatic carbocycles. The van der Waals surface area contributed by atoms with Crippen LogP contribution in [0.1, 0.15) is 51.4 Å². The Morgan fingerprint density at radius 2 is 1.25 bits per heavy atom. The van der Waals surface area contributed by atoms with E-state index in [0.29, 0.717) is 12.8 Å². The predicted molar refractivity (Wildman–Crippen MR) is 91.7 cm³/mol. The first-order chi connectivity index (χ1) is 11.6. The van der Waals surface area contributed by atoms with Crippen molar-refractivity contribution in [1.82, 2.24) is 9.80 Å². The van der Waals surface area contributed by atoms with Gasteiger partial charge in [0.1, 0.15) is 0 Å². The number of hydrogen-bond donors (Lipinski definition) is 0. The standard InChI is InChI=1S/C18H32N2O4/c1-19(17(21)13-15-7-5-11-23-15)9-3-4-10-20(2)18(22)14-16-8-6-12-24-16/h15-16H,3-14H2,1-2H3/t15-,16-/m1/s1. The minimum absolute atomic E-state index is 0.113. The first-order valence-electron chi connectivity index (χ1n) is 9.27. The zero-order valence-corrected chi connectivity index (χ0v) is 15.2. The molecule has 2 atom stereocenters. The summed E-state index contributed by atoms with van der Waals surface area (Å²) in [5.74, 6) is 0.314. The lowest BCUT2D eigenvalue weighted by molar-refractivity contribution is -0.133. The van der Waals surface area contributed by atoms with Crippen LogP contribution in [0.15, 0.2) is 0 Å². The predicted octanol–water partition coefficient (Wildman–Crippen LogP) is 1.82. The van der Waals surface area contributed by atoms with E-state index in [9.17, 15) is 9.59 Å². The van der Waals surface area contributed by atoms with Crippen LogP contribution in [0.25, 0.3) is 0 Å². The van der Waals surface area contributed by atoms with Gasteiger partial charge >= 0.3 is 0 Å². The number of hydrogen-bond acceptors (Lipinski definition) is 4. The summed E-state index contributed by atoms with van der Waals surface area (Å²) in [5.41, 5.74) is 0. The topological polar surface area (TPSA) is 59.1 Å². The zero-order valence-electron chi connectivity index (χ0n) is 15.2. The first kappa shape index (κ1) is 19.2. The largest absolute Gasteiger partial charge is 0.378 e. The van der Waals surface area contributed by atoms with Gasteiger partial charge in [0.2, 0.25) is 11.8 Å². The fourth-order valence-electron chi connectivity index (χ4n) is 3.26. The Hall–Kier alpha value is -1.14. The minimum Gasteiger partial charge on any atom is -0.378 e. The fourth-order valence-corrected chi connectivity index (χ4v) is 3.26. The molecule has 2 aliphatic heterocycles. The van der Waals surface area contributed by atoms with Gasteiger partial charge in [-0.15, -0.1) is 0 Å². The van der Waals surface area contributed by atoms with E-state index in [1.807, 2.05) is 14.1 Å². The molecule has 24 heavy (non-hydrogen) atoms. The van der Waals surface area contributed by atoms with Crippen LogP contribution in [0.4, 0.5) is 0 Å². The van der Waals surface area contributed by atoms with Crippen LogP contribution >= 0.6 is 0 Å². The van der Waals surface area contributed by atoms with Gasteiger partial charge in [-0.3, -0.25) is 9.59 Å². The summed E-state index contributed by atoms with van der Waals surface area (Å²) >= 11 is 0. The van der Waals surface area contributed by atoms with E-state index in [2.05, 4.69) is 0 Å². The molecule has 2 aliphatic rings. The molecule has 2 heterocycles. The van der Waals surface area contributed by atoms with E-state index in [1.165, 1.54) is 0 Å². The zero-order chi connectivity index (χ0) is 17.4. The van der Waals surface area contributed by atoms with Crippen LogP contribution in [-0.4, -0.2) is 74.2 Å². The molecule has 0 saturated carbocycles. The molecule has 6 heteroatoms. The highest BCUT2D eigenvalue weighted by molar-refractivity contribution is 5.76. The number of carbonyl (C=O) groups excluding carboxylic acids is 2.